The zero-order chi connectivity index (χ0) is 21.9. The Morgan fingerprint density at radius 2 is 1.10 bits per heavy atom. The highest BCUT2D eigenvalue weighted by Gasteiger charge is 2.04. The minimum Gasteiger partial charge on any atom is -0.273 e. The van der Waals surface area contributed by atoms with Gasteiger partial charge < -0.3 is 0 Å². The average Bonchev–Trinajstić information content (AvgIpc) is 2.71. The van der Waals surface area contributed by atoms with Crippen molar-refractivity contribution in [3.05, 3.63) is 67.6 Å². The fraction of sp³-hybridized carbons (Fsp3) is 0.200. The van der Waals surface area contributed by atoms with Gasteiger partial charge in [0.15, 0.2) is 0 Å². The van der Waals surface area contributed by atoms with E-state index in [1.54, 1.807) is 36.4 Å². The highest BCUT2D eigenvalue weighted by atomic mass is 35.5. The summed E-state index contributed by atoms with van der Waals surface area (Å²) in [6.07, 6.45) is 4.52. The number of carbonyl (C=O) groups is 2. The van der Waals surface area contributed by atoms with Crippen molar-refractivity contribution in [2.24, 2.45) is 10.2 Å². The maximum Gasteiger partial charge on any atom is 0.240 e. The number of halogens is 4. The first-order chi connectivity index (χ1) is 14.3. The van der Waals surface area contributed by atoms with Gasteiger partial charge in [0.2, 0.25) is 11.8 Å². The Bertz CT molecular complexity index is 886. The molecule has 0 bridgehead atoms. The molecule has 6 nitrogen and oxygen atoms in total. The minimum atomic E-state index is -0.246. The molecule has 0 spiro atoms. The zero-order valence-electron chi connectivity index (χ0n) is 15.7. The molecule has 0 saturated heterocycles. The van der Waals surface area contributed by atoms with Gasteiger partial charge in [-0.05, 0) is 48.2 Å². The van der Waals surface area contributed by atoms with Gasteiger partial charge in [0, 0.05) is 12.8 Å². The number of rotatable bonds is 9. The highest BCUT2D eigenvalue weighted by Crippen LogP contribution is 2.22. The smallest absolute Gasteiger partial charge is 0.240 e. The predicted molar refractivity (Wildman–Crippen MR) is 123 cm³/mol. The number of hydrazone groups is 2. The number of amides is 2. The SMILES string of the molecule is O=C(CCCCC(=O)N/N=C\c1ccc(Cl)c(Cl)c1)N/N=C\c1ccc(Cl)c(Cl)c1. The van der Waals surface area contributed by atoms with Crippen molar-refractivity contribution in [2.75, 3.05) is 0 Å². The first-order valence-electron chi connectivity index (χ1n) is 8.89. The van der Waals surface area contributed by atoms with E-state index in [1.807, 2.05) is 0 Å². The Balaban J connectivity index is 1.61. The highest BCUT2D eigenvalue weighted by molar-refractivity contribution is 6.42. The van der Waals surface area contributed by atoms with Gasteiger partial charge in [0.1, 0.15) is 0 Å². The molecule has 158 valence electrons. The lowest BCUT2D eigenvalue weighted by Gasteiger charge is -2.02. The summed E-state index contributed by atoms with van der Waals surface area (Å²) in [5.74, 6) is -0.492. The van der Waals surface area contributed by atoms with Gasteiger partial charge in [-0.2, -0.15) is 10.2 Å². The quantitative estimate of drug-likeness (QED) is 0.279. The third-order valence-corrected chi connectivity index (χ3v) is 5.23. The number of benzene rings is 2. The lowest BCUT2D eigenvalue weighted by atomic mass is 10.2. The van der Waals surface area contributed by atoms with Crippen LogP contribution in [0.3, 0.4) is 0 Å². The summed E-state index contributed by atoms with van der Waals surface area (Å²) in [6, 6.07) is 10.0. The summed E-state index contributed by atoms with van der Waals surface area (Å²) in [4.78, 5) is 23.5. The molecule has 0 atom stereocenters. The van der Waals surface area contributed by atoms with Crippen LogP contribution >= 0.6 is 46.4 Å². The Morgan fingerprint density at radius 3 is 1.47 bits per heavy atom. The van der Waals surface area contributed by atoms with E-state index in [9.17, 15) is 9.59 Å². The lowest BCUT2D eigenvalue weighted by molar-refractivity contribution is -0.123. The molecule has 2 rings (SSSR count). The van der Waals surface area contributed by atoms with Crippen LogP contribution in [0.1, 0.15) is 36.8 Å². The van der Waals surface area contributed by atoms with Crippen molar-refractivity contribution < 1.29 is 9.59 Å². The van der Waals surface area contributed by atoms with Gasteiger partial charge in [-0.3, -0.25) is 9.59 Å². The number of hydrogen-bond donors (Lipinski definition) is 2. The minimum absolute atomic E-state index is 0.246. The molecule has 0 radical (unpaired) electrons. The molecule has 0 saturated carbocycles. The summed E-state index contributed by atoms with van der Waals surface area (Å²) in [6.45, 7) is 0. The van der Waals surface area contributed by atoms with Gasteiger partial charge in [0.05, 0.1) is 32.5 Å². The van der Waals surface area contributed by atoms with Crippen molar-refractivity contribution in [2.45, 2.75) is 25.7 Å². The summed E-state index contributed by atoms with van der Waals surface area (Å²) >= 11 is 23.5. The van der Waals surface area contributed by atoms with Crippen LogP contribution in [0.4, 0.5) is 0 Å². The monoisotopic (exact) mass is 486 g/mol. The number of carbonyl (C=O) groups excluding carboxylic acids is 2. The maximum absolute atomic E-state index is 11.8. The molecular weight excluding hydrogens is 470 g/mol. The van der Waals surface area contributed by atoms with Gasteiger partial charge in [-0.1, -0.05) is 58.5 Å². The fourth-order valence-corrected chi connectivity index (χ4v) is 2.84. The molecule has 0 aromatic heterocycles. The van der Waals surface area contributed by atoms with Crippen molar-refractivity contribution in [3.63, 3.8) is 0 Å². The van der Waals surface area contributed by atoms with E-state index in [-0.39, 0.29) is 24.7 Å². The first kappa shape index (κ1) is 24.2. The van der Waals surface area contributed by atoms with Crippen LogP contribution in [0.2, 0.25) is 20.1 Å². The van der Waals surface area contributed by atoms with Crippen LogP contribution in [-0.4, -0.2) is 24.2 Å². The first-order valence-corrected chi connectivity index (χ1v) is 10.4. The van der Waals surface area contributed by atoms with Crippen LogP contribution in [0.5, 0.6) is 0 Å². The topological polar surface area (TPSA) is 82.9 Å². The molecule has 2 N–H and O–H groups in total. The van der Waals surface area contributed by atoms with Crippen molar-refractivity contribution in [1.82, 2.24) is 10.9 Å². The molecule has 2 aromatic rings. The van der Waals surface area contributed by atoms with Gasteiger partial charge in [-0.15, -0.1) is 0 Å². The Hall–Kier alpha value is -2.12. The molecule has 0 aliphatic heterocycles. The molecule has 0 fully saturated rings. The Morgan fingerprint density at radius 1 is 0.700 bits per heavy atom. The maximum atomic E-state index is 11.8. The van der Waals surface area contributed by atoms with E-state index < -0.39 is 0 Å². The second kappa shape index (κ2) is 12.5. The fourth-order valence-electron chi connectivity index (χ4n) is 2.23. The van der Waals surface area contributed by atoms with Gasteiger partial charge >= 0.3 is 0 Å². The van der Waals surface area contributed by atoms with Crippen LogP contribution < -0.4 is 10.9 Å². The summed E-state index contributed by atoms with van der Waals surface area (Å²) in [7, 11) is 0. The third-order valence-electron chi connectivity index (χ3n) is 3.75. The molecular formula is C20H18Cl4N4O2. The van der Waals surface area contributed by atoms with E-state index in [4.69, 9.17) is 46.4 Å². The van der Waals surface area contributed by atoms with E-state index >= 15 is 0 Å². The molecule has 10 heteroatoms. The molecule has 2 amide bonds. The summed E-state index contributed by atoms with van der Waals surface area (Å²) < 4.78 is 0. The van der Waals surface area contributed by atoms with E-state index in [0.29, 0.717) is 44.1 Å². The van der Waals surface area contributed by atoms with Crippen LogP contribution in [0.15, 0.2) is 46.6 Å². The van der Waals surface area contributed by atoms with E-state index in [2.05, 4.69) is 21.1 Å². The molecule has 0 aliphatic carbocycles. The van der Waals surface area contributed by atoms with Gasteiger partial charge in [0.25, 0.3) is 0 Å². The van der Waals surface area contributed by atoms with Gasteiger partial charge in [-0.25, -0.2) is 10.9 Å². The molecule has 0 unspecified atom stereocenters. The second-order valence-electron chi connectivity index (χ2n) is 6.14. The number of nitrogens with zero attached hydrogens (tertiary/aromatic N) is 2. The van der Waals surface area contributed by atoms with Crippen LogP contribution in [-0.2, 0) is 9.59 Å². The number of hydrogen-bond acceptors (Lipinski definition) is 4. The largest absolute Gasteiger partial charge is 0.273 e. The summed E-state index contributed by atoms with van der Waals surface area (Å²) in [5, 5.41) is 9.44. The molecule has 0 heterocycles. The second-order valence-corrected chi connectivity index (χ2v) is 7.77. The molecule has 0 aliphatic rings. The predicted octanol–water partition coefficient (Wildman–Crippen LogP) is 5.46. The van der Waals surface area contributed by atoms with Crippen molar-refractivity contribution in [1.29, 1.82) is 0 Å². The number of unbranched alkanes of at least 4 members (excludes halogenated alkanes) is 1. The normalized spacial score (nSPS) is 11.2. The van der Waals surface area contributed by atoms with Crippen LogP contribution in [0, 0.1) is 0 Å². The van der Waals surface area contributed by atoms with E-state index in [1.165, 1.54) is 12.4 Å². The zero-order valence-corrected chi connectivity index (χ0v) is 18.7. The Labute approximate surface area is 194 Å². The third kappa shape index (κ3) is 8.71. The summed E-state index contributed by atoms with van der Waals surface area (Å²) in [5.41, 5.74) is 6.27. The van der Waals surface area contributed by atoms with Crippen LogP contribution in [0.25, 0.3) is 0 Å². The molecule has 30 heavy (non-hydrogen) atoms. The van der Waals surface area contributed by atoms with Crippen molar-refractivity contribution >= 4 is 70.6 Å². The number of nitrogens with one attached hydrogen (secondary N) is 2. The lowest BCUT2D eigenvalue weighted by Crippen LogP contribution is -2.19. The molecule has 2 aromatic carbocycles. The Kier molecular flexibility index (Phi) is 10.1. The van der Waals surface area contributed by atoms with Crippen molar-refractivity contribution in [3.8, 4) is 0 Å². The standard InChI is InChI=1S/C20H18Cl4N4O2/c21-15-7-5-13(9-17(15)23)11-25-27-19(29)3-1-2-4-20(30)28-26-12-14-6-8-16(22)18(24)10-14/h5-12H,1-4H2,(H,27,29)(H,28,30)/b25-11-,26-12-. The van der Waals surface area contributed by atoms with E-state index in [0.717, 1.165) is 0 Å². The average molecular weight is 488 g/mol.